The van der Waals surface area contributed by atoms with Crippen LogP contribution in [-0.2, 0) is 12.6 Å². The summed E-state index contributed by atoms with van der Waals surface area (Å²) in [5, 5.41) is 6.64. The zero-order valence-electron chi connectivity index (χ0n) is 11.7. The van der Waals surface area contributed by atoms with E-state index in [1.807, 2.05) is 6.92 Å². The van der Waals surface area contributed by atoms with Crippen LogP contribution in [0.15, 0.2) is 22.7 Å². The zero-order chi connectivity index (χ0) is 15.6. The molecule has 1 aromatic heterocycles. The van der Waals surface area contributed by atoms with Crippen molar-refractivity contribution in [3.8, 4) is 11.5 Å². The van der Waals surface area contributed by atoms with Crippen molar-refractivity contribution in [1.29, 1.82) is 0 Å². The van der Waals surface area contributed by atoms with Gasteiger partial charge in [0.25, 0.3) is 5.89 Å². The first kappa shape index (κ1) is 18.4. The molecule has 0 radical (unpaired) electrons. The summed E-state index contributed by atoms with van der Waals surface area (Å²) in [6, 6.07) is 2.20. The molecule has 1 atom stereocenters. The van der Waals surface area contributed by atoms with Gasteiger partial charge in [0.15, 0.2) is 5.82 Å². The summed E-state index contributed by atoms with van der Waals surface area (Å²) in [6.45, 7) is 1.89. The number of nitrogens with zero attached hydrogens (tertiary/aromatic N) is 2. The lowest BCUT2D eigenvalue weighted by atomic mass is 10.1. The van der Waals surface area contributed by atoms with Gasteiger partial charge in [-0.15, -0.1) is 12.4 Å². The molecule has 122 valence electrons. The minimum Gasteiger partial charge on any atom is -0.334 e. The summed E-state index contributed by atoms with van der Waals surface area (Å²) in [5.74, 6) is -0.814. The predicted octanol–water partition coefficient (Wildman–Crippen LogP) is 3.47. The fourth-order valence-electron chi connectivity index (χ4n) is 1.71. The Bertz CT molecular complexity index is 630. The molecule has 1 unspecified atom stereocenters. The number of halogens is 5. The van der Waals surface area contributed by atoms with Gasteiger partial charge < -0.3 is 9.84 Å². The average Bonchev–Trinajstić information content (AvgIpc) is 2.85. The molecule has 2 aromatic rings. The molecule has 1 N–H and O–H groups in total. The summed E-state index contributed by atoms with van der Waals surface area (Å²) >= 11 is 0. The Morgan fingerprint density at radius 3 is 2.55 bits per heavy atom. The van der Waals surface area contributed by atoms with E-state index in [4.69, 9.17) is 4.52 Å². The van der Waals surface area contributed by atoms with Crippen LogP contribution in [0, 0.1) is 5.82 Å². The number of benzene rings is 1. The summed E-state index contributed by atoms with van der Waals surface area (Å²) in [5.41, 5.74) is -1.20. The van der Waals surface area contributed by atoms with Crippen LogP contribution >= 0.6 is 12.4 Å². The van der Waals surface area contributed by atoms with Crippen molar-refractivity contribution in [3.63, 3.8) is 0 Å². The quantitative estimate of drug-likeness (QED) is 0.867. The minimum absolute atomic E-state index is 0. The van der Waals surface area contributed by atoms with Gasteiger partial charge in [0.05, 0.1) is 5.56 Å². The molecule has 1 heterocycles. The van der Waals surface area contributed by atoms with Crippen molar-refractivity contribution in [2.45, 2.75) is 25.6 Å². The molecule has 0 saturated carbocycles. The van der Waals surface area contributed by atoms with E-state index in [9.17, 15) is 17.6 Å². The number of likely N-dealkylation sites (N-methyl/N-ethyl adjacent to an activating group) is 1. The minimum atomic E-state index is -4.64. The average molecular weight is 340 g/mol. The van der Waals surface area contributed by atoms with E-state index < -0.39 is 17.6 Å². The maximum Gasteiger partial charge on any atom is 0.416 e. The summed E-state index contributed by atoms with van der Waals surface area (Å²) in [4.78, 5) is 3.98. The third kappa shape index (κ3) is 4.41. The second-order valence-corrected chi connectivity index (χ2v) is 4.64. The van der Waals surface area contributed by atoms with Crippen LogP contribution in [0.4, 0.5) is 17.6 Å². The van der Waals surface area contributed by atoms with Gasteiger partial charge >= 0.3 is 6.18 Å². The van der Waals surface area contributed by atoms with Crippen molar-refractivity contribution < 1.29 is 22.1 Å². The second-order valence-electron chi connectivity index (χ2n) is 4.64. The molecule has 0 aliphatic heterocycles. The van der Waals surface area contributed by atoms with Crippen LogP contribution in [0.1, 0.15) is 18.3 Å². The Morgan fingerprint density at radius 1 is 1.27 bits per heavy atom. The monoisotopic (exact) mass is 339 g/mol. The molecule has 0 aliphatic carbocycles. The van der Waals surface area contributed by atoms with E-state index in [0.29, 0.717) is 18.3 Å². The van der Waals surface area contributed by atoms with Crippen LogP contribution in [0.25, 0.3) is 11.5 Å². The highest BCUT2D eigenvalue weighted by Crippen LogP contribution is 2.32. The Hall–Kier alpha value is -1.67. The zero-order valence-corrected chi connectivity index (χ0v) is 12.6. The van der Waals surface area contributed by atoms with Gasteiger partial charge in [-0.3, -0.25) is 0 Å². The smallest absolute Gasteiger partial charge is 0.334 e. The lowest BCUT2D eigenvalue weighted by molar-refractivity contribution is -0.137. The summed E-state index contributed by atoms with van der Waals surface area (Å²) < 4.78 is 56.1. The van der Waals surface area contributed by atoms with Crippen LogP contribution < -0.4 is 5.32 Å². The van der Waals surface area contributed by atoms with Gasteiger partial charge in [0, 0.05) is 18.0 Å². The van der Waals surface area contributed by atoms with Crippen molar-refractivity contribution in [3.05, 3.63) is 35.4 Å². The Morgan fingerprint density at radius 2 is 1.95 bits per heavy atom. The first-order valence-corrected chi connectivity index (χ1v) is 6.17. The fourth-order valence-corrected chi connectivity index (χ4v) is 1.71. The summed E-state index contributed by atoms with van der Waals surface area (Å²) in [6.07, 6.45) is -4.19. The SMILES string of the molecule is CNC(C)Cc1noc(-c2cc(F)cc(C(F)(F)F)c2)n1.Cl. The van der Waals surface area contributed by atoms with E-state index in [-0.39, 0.29) is 29.9 Å². The van der Waals surface area contributed by atoms with Gasteiger partial charge in [0.2, 0.25) is 0 Å². The number of hydrogen-bond acceptors (Lipinski definition) is 4. The molecule has 0 fully saturated rings. The molecule has 0 aliphatic rings. The van der Waals surface area contributed by atoms with E-state index in [0.717, 1.165) is 12.1 Å². The van der Waals surface area contributed by atoms with Gasteiger partial charge in [-0.25, -0.2) is 4.39 Å². The molecule has 0 amide bonds. The molecule has 1 aromatic carbocycles. The molecule has 0 spiro atoms. The maximum atomic E-state index is 13.3. The van der Waals surface area contributed by atoms with E-state index in [2.05, 4.69) is 15.5 Å². The summed E-state index contributed by atoms with van der Waals surface area (Å²) in [7, 11) is 1.76. The molecule has 4 nitrogen and oxygen atoms in total. The lowest BCUT2D eigenvalue weighted by Gasteiger charge is -2.07. The molecule has 22 heavy (non-hydrogen) atoms. The molecule has 0 saturated heterocycles. The van der Waals surface area contributed by atoms with Gasteiger partial charge in [0.1, 0.15) is 5.82 Å². The highest BCUT2D eigenvalue weighted by Gasteiger charge is 2.32. The van der Waals surface area contributed by atoms with Gasteiger partial charge in [-0.2, -0.15) is 18.2 Å². The number of aromatic nitrogens is 2. The maximum absolute atomic E-state index is 13.3. The fraction of sp³-hybridized carbons (Fsp3) is 0.385. The molecule has 9 heteroatoms. The Labute approximate surface area is 130 Å². The Kier molecular flexibility index (Phi) is 5.90. The van der Waals surface area contributed by atoms with E-state index in [1.165, 1.54) is 0 Å². The van der Waals surface area contributed by atoms with Crippen molar-refractivity contribution in [2.24, 2.45) is 0 Å². The van der Waals surface area contributed by atoms with Crippen LogP contribution in [-0.4, -0.2) is 23.2 Å². The number of rotatable bonds is 4. The highest BCUT2D eigenvalue weighted by atomic mass is 35.5. The number of hydrogen-bond donors (Lipinski definition) is 1. The van der Waals surface area contributed by atoms with Crippen molar-refractivity contribution >= 4 is 12.4 Å². The Balaban J connectivity index is 0.00000242. The first-order valence-electron chi connectivity index (χ1n) is 6.17. The van der Waals surface area contributed by atoms with E-state index >= 15 is 0 Å². The molecular formula is C13H14ClF4N3O. The highest BCUT2D eigenvalue weighted by molar-refractivity contribution is 5.85. The largest absolute Gasteiger partial charge is 0.416 e. The lowest BCUT2D eigenvalue weighted by Crippen LogP contribution is -2.24. The normalized spacial score (nSPS) is 12.8. The van der Waals surface area contributed by atoms with Crippen molar-refractivity contribution in [1.82, 2.24) is 15.5 Å². The van der Waals surface area contributed by atoms with Crippen LogP contribution in [0.5, 0.6) is 0 Å². The molecular weight excluding hydrogens is 326 g/mol. The van der Waals surface area contributed by atoms with E-state index in [1.54, 1.807) is 7.05 Å². The third-order valence-corrected chi connectivity index (χ3v) is 2.92. The molecule has 2 rings (SSSR count). The predicted molar refractivity (Wildman–Crippen MR) is 74.2 cm³/mol. The number of nitrogens with one attached hydrogen (secondary N) is 1. The van der Waals surface area contributed by atoms with Gasteiger partial charge in [-0.05, 0) is 32.2 Å². The third-order valence-electron chi connectivity index (χ3n) is 2.92. The van der Waals surface area contributed by atoms with Crippen LogP contribution in [0.3, 0.4) is 0 Å². The van der Waals surface area contributed by atoms with Crippen molar-refractivity contribution in [2.75, 3.05) is 7.05 Å². The standard InChI is InChI=1S/C13H13F4N3O.ClH/c1-7(18-2)3-11-19-12(21-20-11)8-4-9(13(15,16)17)6-10(14)5-8;/h4-7,18H,3H2,1-2H3;1H. The van der Waals surface area contributed by atoms with Gasteiger partial charge in [-0.1, -0.05) is 5.16 Å². The molecule has 0 bridgehead atoms. The second kappa shape index (κ2) is 7.06. The first-order chi connectivity index (χ1) is 9.79. The van der Waals surface area contributed by atoms with Crippen LogP contribution in [0.2, 0.25) is 0 Å². The topological polar surface area (TPSA) is 51.0 Å². The number of alkyl halides is 3.